The van der Waals surface area contributed by atoms with Gasteiger partial charge in [0.15, 0.2) is 0 Å². The number of carbonyl (C=O) groups excluding carboxylic acids is 1. The minimum Gasteiger partial charge on any atom is -0.358 e. The summed E-state index contributed by atoms with van der Waals surface area (Å²) in [6.45, 7) is 1.65. The molecular weight excluding hydrogens is 452 g/mol. The predicted molar refractivity (Wildman–Crippen MR) is 106 cm³/mol. The maximum absolute atomic E-state index is 13.0. The highest BCUT2D eigenvalue weighted by atomic mass is 79.9. The third-order valence-electron chi connectivity index (χ3n) is 5.06. The van der Waals surface area contributed by atoms with Gasteiger partial charge in [-0.05, 0) is 29.6 Å². The van der Waals surface area contributed by atoms with Gasteiger partial charge >= 0.3 is 0 Å². The van der Waals surface area contributed by atoms with Crippen molar-refractivity contribution in [2.45, 2.75) is 22.8 Å². The third kappa shape index (κ3) is 3.47. The van der Waals surface area contributed by atoms with Gasteiger partial charge in [0.2, 0.25) is 0 Å². The number of likely N-dealkylation sites (tertiary alicyclic amines) is 1. The van der Waals surface area contributed by atoms with Crippen molar-refractivity contribution in [3.8, 4) is 0 Å². The lowest BCUT2D eigenvalue weighted by molar-refractivity contribution is -0.0856. The van der Waals surface area contributed by atoms with Crippen LogP contribution in [0.5, 0.6) is 0 Å². The topological polar surface area (TPSA) is 66.9 Å². The van der Waals surface area contributed by atoms with E-state index in [0.717, 1.165) is 4.47 Å². The maximum Gasteiger partial charge on any atom is 0.255 e. The molecular formula is C18H19BrN2O4S2. The van der Waals surface area contributed by atoms with E-state index in [-0.39, 0.29) is 5.91 Å². The highest BCUT2D eigenvalue weighted by molar-refractivity contribution is 9.10. The van der Waals surface area contributed by atoms with Gasteiger partial charge in [0.1, 0.15) is 9.93 Å². The van der Waals surface area contributed by atoms with Crippen molar-refractivity contribution in [2.75, 3.05) is 26.2 Å². The molecule has 0 unspecified atom stereocenters. The molecule has 9 heteroatoms. The number of nitrogens with zero attached hydrogens (tertiary/aromatic N) is 2. The molecule has 1 spiro atoms. The van der Waals surface area contributed by atoms with Crippen LogP contribution in [0.4, 0.5) is 0 Å². The number of hydrogen-bond donors (Lipinski definition) is 0. The number of ether oxygens (including phenoxy) is 1. The molecule has 0 aliphatic carbocycles. The summed E-state index contributed by atoms with van der Waals surface area (Å²) < 4.78 is 34.6. The monoisotopic (exact) mass is 470 g/mol. The Hall–Kier alpha value is -1.26. The van der Waals surface area contributed by atoms with Crippen molar-refractivity contribution in [2.24, 2.45) is 0 Å². The van der Waals surface area contributed by atoms with Crippen LogP contribution >= 0.6 is 27.3 Å². The summed E-state index contributed by atoms with van der Waals surface area (Å²) in [6, 6.07) is 10.7. The molecule has 27 heavy (non-hydrogen) atoms. The first-order valence-electron chi connectivity index (χ1n) is 8.68. The summed E-state index contributed by atoms with van der Waals surface area (Å²) in [5, 5.41) is 1.76. The lowest BCUT2D eigenvalue weighted by atomic mass is 10.00. The van der Waals surface area contributed by atoms with Crippen LogP contribution in [0.3, 0.4) is 0 Å². The third-order valence-corrected chi connectivity index (χ3v) is 8.88. The van der Waals surface area contributed by atoms with E-state index in [1.165, 1.54) is 15.6 Å². The quantitative estimate of drug-likeness (QED) is 0.690. The molecule has 1 aromatic carbocycles. The summed E-state index contributed by atoms with van der Waals surface area (Å²) in [5.74, 6) is -0.0446. The van der Waals surface area contributed by atoms with Crippen molar-refractivity contribution in [3.05, 3.63) is 51.8 Å². The average molecular weight is 471 g/mol. The molecule has 2 aliphatic heterocycles. The number of piperidine rings is 1. The Balaban J connectivity index is 1.51. The fourth-order valence-corrected chi connectivity index (χ4v) is 6.94. The zero-order valence-electron chi connectivity index (χ0n) is 14.5. The lowest BCUT2D eigenvalue weighted by Crippen LogP contribution is -2.55. The van der Waals surface area contributed by atoms with Gasteiger partial charge in [0.05, 0.1) is 6.61 Å². The first-order chi connectivity index (χ1) is 12.9. The number of halogens is 1. The van der Waals surface area contributed by atoms with E-state index in [1.807, 2.05) is 12.1 Å². The second-order valence-corrected chi connectivity index (χ2v) is 10.6. The summed E-state index contributed by atoms with van der Waals surface area (Å²) in [6.07, 6.45) is 0.939. The normalized spacial score (nSPS) is 20.3. The minimum absolute atomic E-state index is 0.0446. The molecule has 0 saturated carbocycles. The molecule has 144 valence electrons. The highest BCUT2D eigenvalue weighted by Gasteiger charge is 2.51. The van der Waals surface area contributed by atoms with Gasteiger partial charge < -0.3 is 9.64 Å². The molecule has 2 fully saturated rings. The first kappa shape index (κ1) is 19.1. The summed E-state index contributed by atoms with van der Waals surface area (Å²) in [4.78, 5) is 14.5. The number of sulfonamides is 1. The van der Waals surface area contributed by atoms with Gasteiger partial charge in [-0.15, -0.1) is 11.3 Å². The van der Waals surface area contributed by atoms with Crippen LogP contribution in [0, 0.1) is 0 Å². The molecule has 6 nitrogen and oxygen atoms in total. The van der Waals surface area contributed by atoms with Crippen molar-refractivity contribution < 1.29 is 17.9 Å². The van der Waals surface area contributed by atoms with Crippen molar-refractivity contribution in [1.29, 1.82) is 0 Å². The van der Waals surface area contributed by atoms with Crippen molar-refractivity contribution in [3.63, 3.8) is 0 Å². The molecule has 4 rings (SSSR count). The molecule has 3 heterocycles. The predicted octanol–water partition coefficient (Wildman–Crippen LogP) is 3.16. The molecule has 0 N–H and O–H groups in total. The zero-order valence-corrected chi connectivity index (χ0v) is 17.7. The highest BCUT2D eigenvalue weighted by Crippen LogP contribution is 2.39. The second-order valence-electron chi connectivity index (χ2n) is 6.61. The van der Waals surface area contributed by atoms with E-state index >= 15 is 0 Å². The van der Waals surface area contributed by atoms with Crippen LogP contribution in [-0.4, -0.2) is 55.5 Å². The molecule has 0 atom stereocenters. The van der Waals surface area contributed by atoms with E-state index in [9.17, 15) is 13.2 Å². The molecule has 0 bridgehead atoms. The van der Waals surface area contributed by atoms with E-state index in [2.05, 4.69) is 15.9 Å². The fraction of sp³-hybridized carbons (Fsp3) is 0.389. The van der Waals surface area contributed by atoms with E-state index in [0.29, 0.717) is 48.9 Å². The van der Waals surface area contributed by atoms with E-state index < -0.39 is 15.7 Å². The Morgan fingerprint density at radius 3 is 2.59 bits per heavy atom. The van der Waals surface area contributed by atoms with Crippen molar-refractivity contribution in [1.82, 2.24) is 9.21 Å². The Morgan fingerprint density at radius 2 is 1.93 bits per heavy atom. The smallest absolute Gasteiger partial charge is 0.255 e. The number of amides is 1. The number of benzene rings is 1. The van der Waals surface area contributed by atoms with Crippen LogP contribution in [-0.2, 0) is 14.8 Å². The van der Waals surface area contributed by atoms with Crippen molar-refractivity contribution >= 4 is 43.2 Å². The van der Waals surface area contributed by atoms with E-state index in [1.54, 1.807) is 34.5 Å². The van der Waals surface area contributed by atoms with Crippen LogP contribution in [0.25, 0.3) is 0 Å². The number of carbonyl (C=O) groups is 1. The molecule has 2 saturated heterocycles. The largest absolute Gasteiger partial charge is 0.358 e. The zero-order chi connectivity index (χ0) is 19.1. The van der Waals surface area contributed by atoms with E-state index in [4.69, 9.17) is 4.74 Å². The van der Waals surface area contributed by atoms with Crippen LogP contribution < -0.4 is 0 Å². The Bertz CT molecular complexity index is 938. The summed E-state index contributed by atoms with van der Waals surface area (Å²) >= 11 is 4.60. The SMILES string of the molecule is O=C(c1cccc(Br)c1)N1CCC2(CC1)OCCN2S(=O)(=O)c1cccs1. The average Bonchev–Trinajstić information content (AvgIpc) is 3.33. The van der Waals surface area contributed by atoms with Gasteiger partial charge in [-0.1, -0.05) is 28.1 Å². The standard InChI is InChI=1S/C18H19BrN2O4S2/c19-15-4-1-3-14(13-15)17(22)20-8-6-18(7-9-20)21(10-11-25-18)27(23,24)16-5-2-12-26-16/h1-5,12-13H,6-11H2. The first-order valence-corrected chi connectivity index (χ1v) is 11.8. The fourth-order valence-electron chi connectivity index (χ4n) is 3.71. The van der Waals surface area contributed by atoms with Gasteiger partial charge in [-0.3, -0.25) is 4.79 Å². The number of rotatable bonds is 3. The second kappa shape index (κ2) is 7.29. The Kier molecular flexibility index (Phi) is 5.15. The van der Waals surface area contributed by atoms with Gasteiger partial charge in [0, 0.05) is 42.5 Å². The Morgan fingerprint density at radius 1 is 1.15 bits per heavy atom. The molecule has 1 amide bonds. The van der Waals surface area contributed by atoms with Gasteiger partial charge in [-0.25, -0.2) is 8.42 Å². The number of hydrogen-bond acceptors (Lipinski definition) is 5. The van der Waals surface area contributed by atoms with Crippen LogP contribution in [0.1, 0.15) is 23.2 Å². The summed E-state index contributed by atoms with van der Waals surface area (Å²) in [7, 11) is -3.58. The minimum atomic E-state index is -3.58. The number of thiophene rings is 1. The molecule has 0 radical (unpaired) electrons. The maximum atomic E-state index is 13.0. The molecule has 2 aliphatic rings. The molecule has 1 aromatic heterocycles. The van der Waals surface area contributed by atoms with Crippen LogP contribution in [0.15, 0.2) is 50.5 Å². The Labute approximate surface area is 170 Å². The summed E-state index contributed by atoms with van der Waals surface area (Å²) in [5.41, 5.74) is -0.229. The molecule has 2 aromatic rings. The van der Waals surface area contributed by atoms with Crippen LogP contribution in [0.2, 0.25) is 0 Å². The lowest BCUT2D eigenvalue weighted by Gasteiger charge is -2.42. The van der Waals surface area contributed by atoms with Gasteiger partial charge in [0.25, 0.3) is 15.9 Å². The van der Waals surface area contributed by atoms with Gasteiger partial charge in [-0.2, -0.15) is 4.31 Å².